The van der Waals surface area contributed by atoms with Gasteiger partial charge in [-0.2, -0.15) is 12.6 Å². The molecule has 0 bridgehead atoms. The van der Waals surface area contributed by atoms with Gasteiger partial charge in [0.1, 0.15) is 0 Å². The molecule has 13 heavy (non-hydrogen) atoms. The van der Waals surface area contributed by atoms with Crippen molar-refractivity contribution in [1.82, 2.24) is 9.55 Å². The number of imidazole rings is 1. The number of hydrogen-bond donors (Lipinski definition) is 2. The Balaban J connectivity index is 0.000000671. The zero-order chi connectivity index (χ0) is 10.4. The first-order chi connectivity index (χ1) is 6.20. The van der Waals surface area contributed by atoms with E-state index in [1.165, 1.54) is 10.6 Å². The lowest BCUT2D eigenvalue weighted by Crippen LogP contribution is -2.11. The molecule has 4 nitrogen and oxygen atoms in total. The molecule has 0 aliphatic carbocycles. The molecule has 0 saturated heterocycles. The lowest BCUT2D eigenvalue weighted by molar-refractivity contribution is 0.863. The van der Waals surface area contributed by atoms with Crippen molar-refractivity contribution in [3.05, 3.63) is 22.8 Å². The van der Waals surface area contributed by atoms with Crippen molar-refractivity contribution in [2.45, 2.75) is 0 Å². The summed E-state index contributed by atoms with van der Waals surface area (Å²) < 4.78 is 1.38. The highest BCUT2D eigenvalue weighted by molar-refractivity contribution is 7.79. The number of hydrogen-bond acceptors (Lipinski definition) is 3. The molecule has 1 aromatic rings. The van der Waals surface area contributed by atoms with Crippen molar-refractivity contribution in [2.75, 3.05) is 6.26 Å². The molecule has 0 saturated carbocycles. The second-order valence-corrected chi connectivity index (χ2v) is 2.09. The predicted molar refractivity (Wildman–Crippen MR) is 60.2 cm³/mol. The normalized spacial score (nSPS) is 8.54. The van der Waals surface area contributed by atoms with Gasteiger partial charge in [0.05, 0.1) is 5.69 Å². The molecule has 72 valence electrons. The molecule has 1 rings (SSSR count). The van der Waals surface area contributed by atoms with Gasteiger partial charge in [-0.3, -0.25) is 4.57 Å². The van der Waals surface area contributed by atoms with Gasteiger partial charge in [-0.25, -0.2) is 9.79 Å². The third-order valence-corrected chi connectivity index (χ3v) is 1.46. The van der Waals surface area contributed by atoms with Crippen LogP contribution in [0.15, 0.2) is 16.4 Å². The van der Waals surface area contributed by atoms with Gasteiger partial charge in [0, 0.05) is 7.05 Å². The van der Waals surface area contributed by atoms with Crippen LogP contribution in [0.5, 0.6) is 0 Å². The molecule has 1 aromatic heterocycles. The molecule has 0 unspecified atom stereocenters. The topological polar surface area (TPSA) is 50.1 Å². The minimum atomic E-state index is -0.206. The van der Waals surface area contributed by atoms with Gasteiger partial charge in [0.25, 0.3) is 0 Å². The number of thiol groups is 1. The monoisotopic (exact) mass is 199 g/mol. The van der Waals surface area contributed by atoms with E-state index in [4.69, 9.17) is 0 Å². The fourth-order valence-electron chi connectivity index (χ4n) is 0.865. The summed E-state index contributed by atoms with van der Waals surface area (Å²) in [6, 6.07) is 0. The third kappa shape index (κ3) is 2.35. The van der Waals surface area contributed by atoms with E-state index in [-0.39, 0.29) is 5.69 Å². The lowest BCUT2D eigenvalue weighted by atomic mass is 10.4. The lowest BCUT2D eigenvalue weighted by Gasteiger charge is -1.92. The number of aliphatic imine (C=N–C) groups is 1. The first kappa shape index (κ1) is 11.8. The van der Waals surface area contributed by atoms with Crippen molar-refractivity contribution in [3.8, 4) is 0 Å². The fourth-order valence-corrected chi connectivity index (χ4v) is 0.865. The molecule has 0 amide bonds. The highest BCUT2D eigenvalue weighted by atomic mass is 32.1. The van der Waals surface area contributed by atoms with Crippen LogP contribution >= 0.6 is 12.6 Å². The maximum Gasteiger partial charge on any atom is 0.327 e. The number of H-pyrrole nitrogens is 1. The Morgan fingerprint density at radius 2 is 2.15 bits per heavy atom. The van der Waals surface area contributed by atoms with Crippen LogP contribution in [0.2, 0.25) is 0 Å². The van der Waals surface area contributed by atoms with E-state index in [1.807, 2.05) is 0 Å². The molecule has 1 N–H and O–H groups in total. The van der Waals surface area contributed by atoms with Crippen molar-refractivity contribution >= 4 is 31.2 Å². The average Bonchev–Trinajstić information content (AvgIpc) is 2.46. The quantitative estimate of drug-likeness (QED) is 0.546. The molecule has 0 fully saturated rings. The summed E-state index contributed by atoms with van der Waals surface area (Å²) >= 11 is 3.53. The van der Waals surface area contributed by atoms with Crippen LogP contribution in [-0.2, 0) is 7.05 Å². The van der Waals surface area contributed by atoms with Crippen LogP contribution in [0.4, 0.5) is 5.82 Å². The minimum Gasteiger partial charge on any atom is -0.304 e. The highest BCUT2D eigenvalue weighted by Gasteiger charge is 2.04. The predicted octanol–water partition coefficient (Wildman–Crippen LogP) is 1.23. The number of aromatic nitrogens is 2. The standard InChI is InChI=1S/C7H9N3O.CH4S/c1-4-5-6(8-2)10(3)7(11)9-5;1-2/h4H,1-2H2,3H3,(H,9,11);2H,1H3. The van der Waals surface area contributed by atoms with Gasteiger partial charge < -0.3 is 4.98 Å². The fraction of sp³-hybridized carbons (Fsp3) is 0.250. The Morgan fingerprint density at radius 1 is 1.62 bits per heavy atom. The van der Waals surface area contributed by atoms with E-state index in [2.05, 4.69) is 35.9 Å². The van der Waals surface area contributed by atoms with E-state index in [0.29, 0.717) is 11.5 Å². The molecule has 0 aliphatic heterocycles. The summed E-state index contributed by atoms with van der Waals surface area (Å²) in [5.74, 6) is 0.519. The SMILES string of the molecule is C=Cc1[nH]c(=O)n(C)c1N=C.CS. The first-order valence-electron chi connectivity index (χ1n) is 3.53. The Kier molecular flexibility index (Phi) is 4.91. The van der Waals surface area contributed by atoms with Crippen LogP contribution < -0.4 is 5.69 Å². The minimum absolute atomic E-state index is 0.206. The van der Waals surface area contributed by atoms with Crippen LogP contribution in [0.3, 0.4) is 0 Å². The van der Waals surface area contributed by atoms with Crippen LogP contribution in [0.25, 0.3) is 6.08 Å². The summed E-state index contributed by atoms with van der Waals surface area (Å²) in [5, 5.41) is 0. The number of nitrogens with zero attached hydrogens (tertiary/aromatic N) is 2. The third-order valence-electron chi connectivity index (χ3n) is 1.46. The molecule has 0 radical (unpaired) electrons. The number of aromatic amines is 1. The van der Waals surface area contributed by atoms with Crippen molar-refractivity contribution in [2.24, 2.45) is 12.0 Å². The van der Waals surface area contributed by atoms with E-state index in [1.54, 1.807) is 13.3 Å². The van der Waals surface area contributed by atoms with Crippen LogP contribution in [0, 0.1) is 0 Å². The van der Waals surface area contributed by atoms with Gasteiger partial charge in [0.15, 0.2) is 5.82 Å². The summed E-state index contributed by atoms with van der Waals surface area (Å²) in [6.07, 6.45) is 3.23. The molecule has 0 aliphatic rings. The summed E-state index contributed by atoms with van der Waals surface area (Å²) in [5.41, 5.74) is 0.398. The molecule has 0 spiro atoms. The van der Waals surface area contributed by atoms with Crippen molar-refractivity contribution in [3.63, 3.8) is 0 Å². The zero-order valence-corrected chi connectivity index (χ0v) is 8.64. The highest BCUT2D eigenvalue weighted by Crippen LogP contribution is 2.13. The second kappa shape index (κ2) is 5.42. The van der Waals surface area contributed by atoms with E-state index < -0.39 is 0 Å². The Labute approximate surface area is 82.4 Å². The van der Waals surface area contributed by atoms with E-state index >= 15 is 0 Å². The Morgan fingerprint density at radius 3 is 2.46 bits per heavy atom. The van der Waals surface area contributed by atoms with Gasteiger partial charge in [-0.15, -0.1) is 0 Å². The molecular weight excluding hydrogens is 186 g/mol. The molecule has 0 aromatic carbocycles. The van der Waals surface area contributed by atoms with Crippen LogP contribution in [-0.4, -0.2) is 22.5 Å². The number of rotatable bonds is 2. The molecule has 5 heteroatoms. The van der Waals surface area contributed by atoms with Gasteiger partial charge in [-0.05, 0) is 19.0 Å². The largest absolute Gasteiger partial charge is 0.327 e. The molecular formula is C8H13N3OS. The van der Waals surface area contributed by atoms with Gasteiger partial charge in [-0.1, -0.05) is 6.58 Å². The van der Waals surface area contributed by atoms with Crippen molar-refractivity contribution in [1.29, 1.82) is 0 Å². The maximum absolute atomic E-state index is 11.0. The van der Waals surface area contributed by atoms with Crippen molar-refractivity contribution < 1.29 is 0 Å². The van der Waals surface area contributed by atoms with E-state index in [9.17, 15) is 4.79 Å². The number of nitrogens with one attached hydrogen (secondary N) is 1. The smallest absolute Gasteiger partial charge is 0.304 e. The maximum atomic E-state index is 11.0. The summed E-state index contributed by atoms with van der Waals surface area (Å²) in [4.78, 5) is 17.2. The van der Waals surface area contributed by atoms with E-state index in [0.717, 1.165) is 0 Å². The van der Waals surface area contributed by atoms with Crippen LogP contribution in [0.1, 0.15) is 5.69 Å². The summed E-state index contributed by atoms with van der Waals surface area (Å²) in [6.45, 7) is 6.86. The average molecular weight is 199 g/mol. The molecule has 0 atom stereocenters. The Hall–Kier alpha value is -1.23. The Bertz CT molecular complexity index is 351. The first-order valence-corrected chi connectivity index (χ1v) is 4.43. The second-order valence-electron chi connectivity index (χ2n) is 2.09. The molecule has 1 heterocycles. The summed E-state index contributed by atoms with van der Waals surface area (Å²) in [7, 11) is 1.62. The van der Waals surface area contributed by atoms with Gasteiger partial charge in [0.2, 0.25) is 0 Å². The van der Waals surface area contributed by atoms with Gasteiger partial charge >= 0.3 is 5.69 Å². The zero-order valence-electron chi connectivity index (χ0n) is 7.74.